The maximum absolute atomic E-state index is 13.4. The number of quaternary nitrogens is 1. The summed E-state index contributed by atoms with van der Waals surface area (Å²) in [5.41, 5.74) is 1.72. The fourth-order valence-electron chi connectivity index (χ4n) is 2.24. The molecule has 2 rings (SSSR count). The molecule has 0 fully saturated rings. The molecule has 0 amide bonds. The van der Waals surface area contributed by atoms with Crippen LogP contribution in [0.3, 0.4) is 0 Å². The Morgan fingerprint density at radius 3 is 2.36 bits per heavy atom. The molecule has 0 saturated heterocycles. The molecule has 2 N–H and O–H groups in total. The molecule has 120 valence electrons. The third kappa shape index (κ3) is 6.58. The second-order valence-electron chi connectivity index (χ2n) is 5.08. The summed E-state index contributed by atoms with van der Waals surface area (Å²) < 4.78 is 26.4. The van der Waals surface area contributed by atoms with Crippen molar-refractivity contribution in [1.29, 1.82) is 0 Å². The Morgan fingerprint density at radius 2 is 1.64 bits per heavy atom. The van der Waals surface area contributed by atoms with Crippen molar-refractivity contribution in [1.82, 2.24) is 0 Å². The van der Waals surface area contributed by atoms with Gasteiger partial charge in [-0.2, -0.15) is 0 Å². The van der Waals surface area contributed by atoms with E-state index in [-0.39, 0.29) is 35.6 Å². The fourth-order valence-corrected chi connectivity index (χ4v) is 2.36. The first-order valence-corrected chi connectivity index (χ1v) is 7.53. The molecule has 2 aromatic carbocycles. The lowest BCUT2D eigenvalue weighted by atomic mass is 10.1. The van der Waals surface area contributed by atoms with Crippen molar-refractivity contribution in [3.05, 3.63) is 70.2 Å². The van der Waals surface area contributed by atoms with Gasteiger partial charge in [-0.1, -0.05) is 23.7 Å². The molecule has 5 heteroatoms. The van der Waals surface area contributed by atoms with Gasteiger partial charge in [0.25, 0.3) is 0 Å². The van der Waals surface area contributed by atoms with E-state index in [1.165, 1.54) is 17.7 Å². The predicted octanol–water partition coefficient (Wildman–Crippen LogP) is 0.361. The van der Waals surface area contributed by atoms with E-state index in [4.69, 9.17) is 11.6 Å². The van der Waals surface area contributed by atoms with Gasteiger partial charge >= 0.3 is 0 Å². The van der Waals surface area contributed by atoms with Gasteiger partial charge in [-0.25, -0.2) is 8.78 Å². The quantitative estimate of drug-likeness (QED) is 0.476. The van der Waals surface area contributed by atoms with Gasteiger partial charge in [0.1, 0.15) is 11.6 Å². The van der Waals surface area contributed by atoms with Crippen LogP contribution in [0, 0.1) is 11.6 Å². The predicted molar refractivity (Wildman–Crippen MR) is 81.5 cm³/mol. The van der Waals surface area contributed by atoms with E-state index in [1.54, 1.807) is 0 Å². The molecular formula is C17H19ClF2IN. The fraction of sp³-hybridized carbons (Fsp3) is 0.294. The number of hydrogen-bond acceptors (Lipinski definition) is 0. The van der Waals surface area contributed by atoms with Gasteiger partial charge in [0.15, 0.2) is 0 Å². The zero-order valence-corrected chi connectivity index (χ0v) is 15.1. The van der Waals surface area contributed by atoms with Crippen LogP contribution in [0.25, 0.3) is 0 Å². The van der Waals surface area contributed by atoms with E-state index in [0.29, 0.717) is 12.0 Å². The number of aryl methyl sites for hydroxylation is 1. The van der Waals surface area contributed by atoms with Crippen molar-refractivity contribution in [3.8, 4) is 0 Å². The Bertz CT molecular complexity index is 575. The van der Waals surface area contributed by atoms with Crippen LogP contribution in [0.4, 0.5) is 8.78 Å². The van der Waals surface area contributed by atoms with Gasteiger partial charge < -0.3 is 29.3 Å². The standard InChI is InChI=1S/C17H18ClF2N.HI/c18-15-5-3-13(4-6-15)9-11-21-10-1-2-14-12-16(19)7-8-17(14)20;/h3-8,12,21H,1-2,9-11H2;1H. The lowest BCUT2D eigenvalue weighted by Crippen LogP contribution is -3.00. The smallest absolute Gasteiger partial charge is 0.126 e. The van der Waals surface area contributed by atoms with Gasteiger partial charge in [-0.05, 0) is 47.9 Å². The Labute approximate surface area is 152 Å². The van der Waals surface area contributed by atoms with Crippen LogP contribution in [0.1, 0.15) is 17.5 Å². The molecule has 22 heavy (non-hydrogen) atoms. The summed E-state index contributed by atoms with van der Waals surface area (Å²) in [4.78, 5) is 0. The number of nitrogens with two attached hydrogens (primary N) is 1. The van der Waals surface area contributed by atoms with Gasteiger partial charge in [-0.3, -0.25) is 0 Å². The summed E-state index contributed by atoms with van der Waals surface area (Å²) in [6.07, 6.45) is 2.38. The summed E-state index contributed by atoms with van der Waals surface area (Å²) in [6, 6.07) is 11.5. The highest BCUT2D eigenvalue weighted by atomic mass is 127. The molecule has 0 heterocycles. The zero-order chi connectivity index (χ0) is 15.1. The van der Waals surface area contributed by atoms with Crippen molar-refractivity contribution in [2.45, 2.75) is 19.3 Å². The van der Waals surface area contributed by atoms with Crippen LogP contribution in [0.5, 0.6) is 0 Å². The largest absolute Gasteiger partial charge is 1.00 e. The lowest BCUT2D eigenvalue weighted by molar-refractivity contribution is -0.654. The summed E-state index contributed by atoms with van der Waals surface area (Å²) in [7, 11) is 0. The molecule has 0 aromatic heterocycles. The molecule has 0 aliphatic heterocycles. The summed E-state index contributed by atoms with van der Waals surface area (Å²) >= 11 is 5.83. The topological polar surface area (TPSA) is 16.6 Å². The van der Waals surface area contributed by atoms with Crippen molar-refractivity contribution < 1.29 is 38.1 Å². The molecule has 0 unspecified atom stereocenters. The minimum absolute atomic E-state index is 0. The number of benzene rings is 2. The third-order valence-electron chi connectivity index (χ3n) is 3.41. The molecule has 0 spiro atoms. The van der Waals surface area contributed by atoms with E-state index in [1.807, 2.05) is 24.3 Å². The minimum atomic E-state index is -0.377. The Balaban J connectivity index is 0.00000242. The molecule has 2 aromatic rings. The average Bonchev–Trinajstić information content (AvgIpc) is 2.48. The highest BCUT2D eigenvalue weighted by molar-refractivity contribution is 6.30. The lowest BCUT2D eigenvalue weighted by Gasteiger charge is -2.04. The molecule has 0 aliphatic carbocycles. The number of rotatable bonds is 7. The molecule has 0 radical (unpaired) electrons. The summed E-state index contributed by atoms with van der Waals surface area (Å²) in [5, 5.41) is 2.95. The van der Waals surface area contributed by atoms with Crippen molar-refractivity contribution >= 4 is 11.6 Å². The van der Waals surface area contributed by atoms with Crippen molar-refractivity contribution in [3.63, 3.8) is 0 Å². The van der Waals surface area contributed by atoms with E-state index in [9.17, 15) is 8.78 Å². The maximum atomic E-state index is 13.4. The van der Waals surface area contributed by atoms with Crippen LogP contribution in [-0.4, -0.2) is 13.1 Å². The molecule has 0 bridgehead atoms. The first-order valence-electron chi connectivity index (χ1n) is 7.15. The minimum Gasteiger partial charge on any atom is -1.00 e. The Morgan fingerprint density at radius 1 is 0.909 bits per heavy atom. The van der Waals surface area contributed by atoms with Gasteiger partial charge in [0.2, 0.25) is 0 Å². The molecule has 0 atom stereocenters. The highest BCUT2D eigenvalue weighted by Gasteiger charge is 2.04. The summed E-state index contributed by atoms with van der Waals surface area (Å²) in [6.45, 7) is 1.89. The van der Waals surface area contributed by atoms with Crippen LogP contribution < -0.4 is 29.3 Å². The van der Waals surface area contributed by atoms with Gasteiger partial charge in [0, 0.05) is 17.9 Å². The Kier molecular flexibility index (Phi) is 8.90. The maximum Gasteiger partial charge on any atom is 0.126 e. The highest BCUT2D eigenvalue weighted by Crippen LogP contribution is 2.11. The second kappa shape index (κ2) is 10.1. The van der Waals surface area contributed by atoms with Crippen LogP contribution >= 0.6 is 11.6 Å². The van der Waals surface area contributed by atoms with Crippen molar-refractivity contribution in [2.75, 3.05) is 13.1 Å². The summed E-state index contributed by atoms with van der Waals surface area (Å²) in [5.74, 6) is -0.698. The van der Waals surface area contributed by atoms with Crippen LogP contribution in [0.15, 0.2) is 42.5 Å². The van der Waals surface area contributed by atoms with E-state index >= 15 is 0 Å². The first-order chi connectivity index (χ1) is 10.1. The SMILES string of the molecule is Fc1ccc(F)c(CCC[NH2+]CCc2ccc(Cl)cc2)c1.[I-]. The van der Waals surface area contributed by atoms with Gasteiger partial charge in [-0.15, -0.1) is 0 Å². The number of hydrogen-bond donors (Lipinski definition) is 1. The first kappa shape index (κ1) is 19.3. The van der Waals surface area contributed by atoms with E-state index in [2.05, 4.69) is 5.32 Å². The van der Waals surface area contributed by atoms with Crippen LogP contribution in [-0.2, 0) is 12.8 Å². The monoisotopic (exact) mass is 437 g/mol. The van der Waals surface area contributed by atoms with Crippen molar-refractivity contribution in [2.24, 2.45) is 0 Å². The van der Waals surface area contributed by atoms with Crippen LogP contribution in [0.2, 0.25) is 5.02 Å². The van der Waals surface area contributed by atoms with E-state index in [0.717, 1.165) is 37.0 Å². The molecule has 0 aliphatic rings. The molecule has 0 saturated carbocycles. The Hall–Kier alpha value is -0.720. The van der Waals surface area contributed by atoms with E-state index < -0.39 is 0 Å². The molecule has 1 nitrogen and oxygen atoms in total. The second-order valence-corrected chi connectivity index (χ2v) is 5.52. The zero-order valence-electron chi connectivity index (χ0n) is 12.2. The number of halogens is 4. The normalized spacial score (nSPS) is 10.3. The average molecular weight is 438 g/mol. The van der Waals surface area contributed by atoms with Gasteiger partial charge in [0.05, 0.1) is 13.1 Å². The third-order valence-corrected chi connectivity index (χ3v) is 3.66. The molecular weight excluding hydrogens is 419 g/mol.